The summed E-state index contributed by atoms with van der Waals surface area (Å²) < 4.78 is 12.2. The van der Waals surface area contributed by atoms with E-state index in [1.807, 2.05) is 0 Å². The summed E-state index contributed by atoms with van der Waals surface area (Å²) in [6.07, 6.45) is 8.05. The Bertz CT molecular complexity index is 357. The van der Waals surface area contributed by atoms with Crippen LogP contribution >= 0.6 is 0 Å². The Morgan fingerprint density at radius 1 is 1.14 bits per heavy atom. The topological polar surface area (TPSA) is 56.5 Å². The van der Waals surface area contributed by atoms with Crippen molar-refractivity contribution in [1.29, 1.82) is 0 Å². The lowest BCUT2D eigenvalue weighted by molar-refractivity contribution is -0.103. The average molecular weight is 296 g/mol. The third kappa shape index (κ3) is 2.88. The summed E-state index contributed by atoms with van der Waals surface area (Å²) in [5, 5.41) is 0. The zero-order valence-corrected chi connectivity index (χ0v) is 13.8. The summed E-state index contributed by atoms with van der Waals surface area (Å²) in [4.78, 5) is 0. The molecule has 6 atom stereocenters. The first kappa shape index (κ1) is 15.7. The first-order chi connectivity index (χ1) is 10.1. The zero-order valence-electron chi connectivity index (χ0n) is 13.8. The molecule has 1 saturated carbocycles. The maximum atomic E-state index is 6.19. The van der Waals surface area contributed by atoms with Crippen molar-refractivity contribution in [2.45, 2.75) is 83.1 Å². The van der Waals surface area contributed by atoms with Gasteiger partial charge in [0.2, 0.25) is 0 Å². The van der Waals surface area contributed by atoms with E-state index in [-0.39, 0.29) is 5.60 Å². The Labute approximate surface area is 129 Å². The molecule has 0 aromatic rings. The minimum absolute atomic E-state index is 0.162. The summed E-state index contributed by atoms with van der Waals surface area (Å²) in [6, 6.07) is 0.348. The number of nitrogens with two attached hydrogens (primary N) is 1. The second-order valence-corrected chi connectivity index (χ2v) is 7.67. The summed E-state index contributed by atoms with van der Waals surface area (Å²) in [5.41, 5.74) is 3.33. The van der Waals surface area contributed by atoms with Crippen LogP contribution in [0.25, 0.3) is 0 Å². The van der Waals surface area contributed by atoms with Crippen molar-refractivity contribution in [2.75, 3.05) is 6.61 Å². The predicted octanol–water partition coefficient (Wildman–Crippen LogP) is 2.62. The van der Waals surface area contributed by atoms with E-state index in [0.717, 1.165) is 13.0 Å². The molecule has 0 aromatic carbocycles. The fourth-order valence-corrected chi connectivity index (χ4v) is 5.21. The lowest BCUT2D eigenvalue weighted by atomic mass is 9.72. The first-order valence-electron chi connectivity index (χ1n) is 8.82. The molecule has 0 amide bonds. The third-order valence-electron chi connectivity index (χ3n) is 6.48. The molecule has 0 aromatic heterocycles. The van der Waals surface area contributed by atoms with E-state index in [1.54, 1.807) is 0 Å². The van der Waals surface area contributed by atoms with E-state index in [4.69, 9.17) is 15.3 Å². The number of rotatable bonds is 3. The van der Waals surface area contributed by atoms with E-state index in [2.05, 4.69) is 26.2 Å². The SMILES string of the molecule is CC1OC(C)C(C(NN)C2CCOC3(CCCC3)C2)C1C. The van der Waals surface area contributed by atoms with Gasteiger partial charge in [-0.3, -0.25) is 11.3 Å². The van der Waals surface area contributed by atoms with Gasteiger partial charge >= 0.3 is 0 Å². The van der Waals surface area contributed by atoms with Crippen molar-refractivity contribution in [3.05, 3.63) is 0 Å². The summed E-state index contributed by atoms with van der Waals surface area (Å²) in [7, 11) is 0. The monoisotopic (exact) mass is 296 g/mol. The highest BCUT2D eigenvalue weighted by Gasteiger charge is 2.48. The molecule has 21 heavy (non-hydrogen) atoms. The van der Waals surface area contributed by atoms with Crippen LogP contribution in [0.5, 0.6) is 0 Å². The fraction of sp³-hybridized carbons (Fsp3) is 1.00. The molecule has 3 aliphatic rings. The average Bonchev–Trinajstić information content (AvgIpc) is 3.00. The maximum Gasteiger partial charge on any atom is 0.0685 e. The fourth-order valence-electron chi connectivity index (χ4n) is 5.21. The summed E-state index contributed by atoms with van der Waals surface area (Å²) >= 11 is 0. The minimum atomic E-state index is 0.162. The van der Waals surface area contributed by atoms with Crippen LogP contribution in [0.4, 0.5) is 0 Å². The van der Waals surface area contributed by atoms with Crippen molar-refractivity contribution in [1.82, 2.24) is 5.43 Å². The second kappa shape index (κ2) is 6.15. The maximum absolute atomic E-state index is 6.19. The van der Waals surface area contributed by atoms with E-state index in [0.29, 0.717) is 36.0 Å². The van der Waals surface area contributed by atoms with Gasteiger partial charge in [-0.2, -0.15) is 0 Å². The molecule has 0 radical (unpaired) electrons. The molecule has 3 fully saturated rings. The van der Waals surface area contributed by atoms with Gasteiger partial charge in [-0.25, -0.2) is 0 Å². The third-order valence-corrected chi connectivity index (χ3v) is 6.48. The molecule has 1 spiro atoms. The van der Waals surface area contributed by atoms with Gasteiger partial charge in [0.1, 0.15) is 0 Å². The van der Waals surface area contributed by atoms with Crippen LogP contribution in [0, 0.1) is 17.8 Å². The van der Waals surface area contributed by atoms with Crippen molar-refractivity contribution in [2.24, 2.45) is 23.6 Å². The molecule has 2 aliphatic heterocycles. The van der Waals surface area contributed by atoms with Crippen molar-refractivity contribution in [3.63, 3.8) is 0 Å². The second-order valence-electron chi connectivity index (χ2n) is 7.67. The molecule has 2 saturated heterocycles. The summed E-state index contributed by atoms with van der Waals surface area (Å²) in [6.45, 7) is 7.61. The molecule has 4 heteroatoms. The van der Waals surface area contributed by atoms with Crippen LogP contribution in [-0.4, -0.2) is 30.5 Å². The van der Waals surface area contributed by atoms with Gasteiger partial charge < -0.3 is 9.47 Å². The van der Waals surface area contributed by atoms with Crippen LogP contribution in [0.15, 0.2) is 0 Å². The lowest BCUT2D eigenvalue weighted by Crippen LogP contribution is -2.53. The highest BCUT2D eigenvalue weighted by atomic mass is 16.5. The van der Waals surface area contributed by atoms with Gasteiger partial charge in [0.05, 0.1) is 17.8 Å². The van der Waals surface area contributed by atoms with Crippen LogP contribution in [-0.2, 0) is 9.47 Å². The molecule has 1 aliphatic carbocycles. The molecule has 0 bridgehead atoms. The number of nitrogens with one attached hydrogen (secondary N) is 1. The van der Waals surface area contributed by atoms with E-state index < -0.39 is 0 Å². The Balaban J connectivity index is 1.73. The van der Waals surface area contributed by atoms with Gasteiger partial charge in [0, 0.05) is 18.6 Å². The molecule has 4 nitrogen and oxygen atoms in total. The highest BCUT2D eigenvalue weighted by molar-refractivity contribution is 4.99. The largest absolute Gasteiger partial charge is 0.375 e. The van der Waals surface area contributed by atoms with E-state index >= 15 is 0 Å². The summed E-state index contributed by atoms with van der Waals surface area (Å²) in [5.74, 6) is 7.68. The number of hydrogen-bond acceptors (Lipinski definition) is 4. The molecule has 6 unspecified atom stereocenters. The Morgan fingerprint density at radius 3 is 2.43 bits per heavy atom. The van der Waals surface area contributed by atoms with Crippen molar-refractivity contribution >= 4 is 0 Å². The Morgan fingerprint density at radius 2 is 1.86 bits per heavy atom. The predicted molar refractivity (Wildman–Crippen MR) is 83.6 cm³/mol. The van der Waals surface area contributed by atoms with Gasteiger partial charge in [0.15, 0.2) is 0 Å². The molecule has 3 N–H and O–H groups in total. The van der Waals surface area contributed by atoms with E-state index in [1.165, 1.54) is 32.1 Å². The molecule has 122 valence electrons. The van der Waals surface area contributed by atoms with Gasteiger partial charge in [-0.15, -0.1) is 0 Å². The van der Waals surface area contributed by atoms with Gasteiger partial charge in [-0.05, 0) is 51.4 Å². The number of hydrazine groups is 1. The molecule has 3 rings (SSSR count). The first-order valence-corrected chi connectivity index (χ1v) is 8.82. The van der Waals surface area contributed by atoms with Crippen molar-refractivity contribution < 1.29 is 9.47 Å². The van der Waals surface area contributed by atoms with Gasteiger partial charge in [0.25, 0.3) is 0 Å². The van der Waals surface area contributed by atoms with Crippen LogP contribution < -0.4 is 11.3 Å². The molecule has 2 heterocycles. The van der Waals surface area contributed by atoms with Crippen LogP contribution in [0.1, 0.15) is 59.3 Å². The lowest BCUT2D eigenvalue weighted by Gasteiger charge is -2.43. The molecular formula is C17H32N2O2. The molecular weight excluding hydrogens is 264 g/mol. The normalized spacial score (nSPS) is 44.3. The number of ether oxygens (including phenoxy) is 2. The highest BCUT2D eigenvalue weighted by Crippen LogP contribution is 2.46. The van der Waals surface area contributed by atoms with Gasteiger partial charge in [-0.1, -0.05) is 19.8 Å². The Kier molecular flexibility index (Phi) is 4.60. The van der Waals surface area contributed by atoms with Crippen molar-refractivity contribution in [3.8, 4) is 0 Å². The number of hydrogen-bond donors (Lipinski definition) is 2. The van der Waals surface area contributed by atoms with Crippen LogP contribution in [0.3, 0.4) is 0 Å². The van der Waals surface area contributed by atoms with E-state index in [9.17, 15) is 0 Å². The smallest absolute Gasteiger partial charge is 0.0685 e. The zero-order chi connectivity index (χ0) is 15.0. The minimum Gasteiger partial charge on any atom is -0.375 e. The quantitative estimate of drug-likeness (QED) is 0.621. The Hall–Kier alpha value is -0.160. The van der Waals surface area contributed by atoms with Crippen LogP contribution in [0.2, 0.25) is 0 Å². The standard InChI is InChI=1S/C17H32N2O2/c1-11-12(2)21-13(3)15(11)16(19-18)14-6-9-20-17(10-14)7-4-5-8-17/h11-16,19H,4-10,18H2,1-3H3.